The monoisotopic (exact) mass is 283 g/mol. The highest BCUT2D eigenvalue weighted by atomic mass is 32.2. The molecule has 7 heteroatoms. The van der Waals surface area contributed by atoms with Gasteiger partial charge in [-0.2, -0.15) is 5.10 Å². The quantitative estimate of drug-likeness (QED) is 0.884. The van der Waals surface area contributed by atoms with Crippen LogP contribution in [0.2, 0.25) is 0 Å². The minimum atomic E-state index is -3.95. The summed E-state index contributed by atoms with van der Waals surface area (Å²) in [4.78, 5) is -0.393. The van der Waals surface area contributed by atoms with Crippen molar-refractivity contribution in [2.45, 2.75) is 24.7 Å². The Bertz CT molecular complexity index is 667. The van der Waals surface area contributed by atoms with Crippen LogP contribution in [0.5, 0.6) is 0 Å². The summed E-state index contributed by atoms with van der Waals surface area (Å²) in [6, 6.07) is 6.80. The molecule has 0 unspecified atom stereocenters. The number of sulfonamides is 1. The first-order valence-corrected chi connectivity index (χ1v) is 7.33. The molecule has 0 fully saturated rings. The van der Waals surface area contributed by atoms with Crippen LogP contribution in [0.1, 0.15) is 19.0 Å². The van der Waals surface area contributed by atoms with Gasteiger partial charge in [0.1, 0.15) is 10.7 Å². The number of rotatable bonds is 5. The Kier molecular flexibility index (Phi) is 3.84. The lowest BCUT2D eigenvalue weighted by molar-refractivity contribution is 0.570. The summed E-state index contributed by atoms with van der Waals surface area (Å²) in [6.07, 6.45) is 1.69. The zero-order chi connectivity index (χ0) is 13.9. The predicted molar refractivity (Wildman–Crippen MR) is 69.8 cm³/mol. The van der Waals surface area contributed by atoms with Crippen molar-refractivity contribution in [3.05, 3.63) is 41.8 Å². The smallest absolute Gasteiger partial charge is 0.266 e. The Labute approximate surface area is 110 Å². The SMILES string of the molecule is CCCc1cc(NS(=O)(=O)c2ccccc2F)n[nH]1. The van der Waals surface area contributed by atoms with Gasteiger partial charge in [-0.1, -0.05) is 25.5 Å². The van der Waals surface area contributed by atoms with Crippen molar-refractivity contribution in [1.29, 1.82) is 0 Å². The van der Waals surface area contributed by atoms with Crippen LogP contribution in [0.4, 0.5) is 10.2 Å². The third kappa shape index (κ3) is 3.11. The molecule has 102 valence electrons. The van der Waals surface area contributed by atoms with Gasteiger partial charge in [-0.05, 0) is 18.6 Å². The largest absolute Gasteiger partial charge is 0.280 e. The van der Waals surface area contributed by atoms with Crippen LogP contribution in [0, 0.1) is 5.82 Å². The Morgan fingerprint density at radius 1 is 1.37 bits per heavy atom. The molecule has 1 aromatic heterocycles. The van der Waals surface area contributed by atoms with Gasteiger partial charge in [0.2, 0.25) is 0 Å². The molecular weight excluding hydrogens is 269 g/mol. The fourth-order valence-corrected chi connectivity index (χ4v) is 2.74. The van der Waals surface area contributed by atoms with E-state index in [1.807, 2.05) is 6.92 Å². The second kappa shape index (κ2) is 5.40. The predicted octanol–water partition coefficient (Wildman–Crippen LogP) is 2.30. The molecule has 0 atom stereocenters. The molecule has 2 rings (SSSR count). The zero-order valence-corrected chi connectivity index (χ0v) is 11.2. The van der Waals surface area contributed by atoms with E-state index in [2.05, 4.69) is 14.9 Å². The van der Waals surface area contributed by atoms with Crippen molar-refractivity contribution in [1.82, 2.24) is 10.2 Å². The summed E-state index contributed by atoms with van der Waals surface area (Å²) < 4.78 is 39.7. The average molecular weight is 283 g/mol. The van der Waals surface area contributed by atoms with Crippen molar-refractivity contribution in [3.8, 4) is 0 Å². The molecule has 0 saturated carbocycles. The number of aromatic nitrogens is 2. The van der Waals surface area contributed by atoms with E-state index in [-0.39, 0.29) is 5.82 Å². The van der Waals surface area contributed by atoms with Crippen molar-refractivity contribution < 1.29 is 12.8 Å². The summed E-state index contributed by atoms with van der Waals surface area (Å²) in [5.41, 5.74) is 0.828. The number of aromatic amines is 1. The van der Waals surface area contributed by atoms with Crippen LogP contribution in [0.25, 0.3) is 0 Å². The minimum Gasteiger partial charge on any atom is -0.280 e. The number of benzene rings is 1. The maximum Gasteiger partial charge on any atom is 0.266 e. The fourth-order valence-electron chi connectivity index (χ4n) is 1.67. The molecule has 2 N–H and O–H groups in total. The third-order valence-corrected chi connectivity index (χ3v) is 3.90. The van der Waals surface area contributed by atoms with E-state index in [1.165, 1.54) is 18.2 Å². The van der Waals surface area contributed by atoms with E-state index < -0.39 is 20.7 Å². The lowest BCUT2D eigenvalue weighted by Gasteiger charge is -2.05. The number of anilines is 1. The number of hydrogen-bond donors (Lipinski definition) is 2. The lowest BCUT2D eigenvalue weighted by atomic mass is 10.2. The number of H-pyrrole nitrogens is 1. The average Bonchev–Trinajstić information content (AvgIpc) is 2.76. The summed E-state index contributed by atoms with van der Waals surface area (Å²) in [5.74, 6) is -0.633. The van der Waals surface area contributed by atoms with Crippen molar-refractivity contribution in [2.75, 3.05) is 4.72 Å². The van der Waals surface area contributed by atoms with Crippen molar-refractivity contribution >= 4 is 15.8 Å². The second-order valence-corrected chi connectivity index (χ2v) is 5.72. The van der Waals surface area contributed by atoms with Gasteiger partial charge in [-0.15, -0.1) is 0 Å². The van der Waals surface area contributed by atoms with Crippen LogP contribution in [-0.2, 0) is 16.4 Å². The van der Waals surface area contributed by atoms with Gasteiger partial charge in [-0.3, -0.25) is 9.82 Å². The van der Waals surface area contributed by atoms with Crippen LogP contribution in [0.15, 0.2) is 35.2 Å². The molecule has 0 spiro atoms. The Morgan fingerprint density at radius 3 is 2.79 bits per heavy atom. The van der Waals surface area contributed by atoms with E-state index >= 15 is 0 Å². The van der Waals surface area contributed by atoms with Gasteiger partial charge in [-0.25, -0.2) is 12.8 Å². The molecule has 0 bridgehead atoms. The molecule has 0 saturated heterocycles. The Hall–Kier alpha value is -1.89. The van der Waals surface area contributed by atoms with Crippen LogP contribution in [0.3, 0.4) is 0 Å². The summed E-state index contributed by atoms with van der Waals surface area (Å²) in [7, 11) is -3.95. The number of hydrogen-bond acceptors (Lipinski definition) is 3. The number of nitrogens with zero attached hydrogens (tertiary/aromatic N) is 1. The normalized spacial score (nSPS) is 11.5. The number of aryl methyl sites for hydroxylation is 1. The minimum absolute atomic E-state index is 0.159. The molecule has 0 aliphatic heterocycles. The Morgan fingerprint density at radius 2 is 2.11 bits per heavy atom. The Balaban J connectivity index is 2.24. The molecular formula is C12H14FN3O2S. The highest BCUT2D eigenvalue weighted by molar-refractivity contribution is 7.92. The van der Waals surface area contributed by atoms with E-state index in [0.717, 1.165) is 24.6 Å². The van der Waals surface area contributed by atoms with Crippen LogP contribution < -0.4 is 4.72 Å². The standard InChI is InChI=1S/C12H14FN3O2S/c1-2-5-9-8-12(15-14-9)16-19(17,18)11-7-4-3-6-10(11)13/h3-4,6-8H,2,5H2,1H3,(H2,14,15,16). The van der Waals surface area contributed by atoms with E-state index in [9.17, 15) is 12.8 Å². The molecule has 1 heterocycles. The van der Waals surface area contributed by atoms with Crippen LogP contribution >= 0.6 is 0 Å². The zero-order valence-electron chi connectivity index (χ0n) is 10.4. The molecule has 1 aromatic carbocycles. The second-order valence-electron chi connectivity index (χ2n) is 4.06. The lowest BCUT2D eigenvalue weighted by Crippen LogP contribution is -2.14. The highest BCUT2D eigenvalue weighted by Gasteiger charge is 2.19. The molecule has 0 aliphatic carbocycles. The van der Waals surface area contributed by atoms with Gasteiger partial charge in [0.25, 0.3) is 10.0 Å². The van der Waals surface area contributed by atoms with Gasteiger partial charge in [0.15, 0.2) is 5.82 Å². The van der Waals surface area contributed by atoms with E-state index in [1.54, 1.807) is 6.07 Å². The fraction of sp³-hybridized carbons (Fsp3) is 0.250. The summed E-state index contributed by atoms with van der Waals surface area (Å²) >= 11 is 0. The highest BCUT2D eigenvalue weighted by Crippen LogP contribution is 2.17. The van der Waals surface area contributed by atoms with Crippen molar-refractivity contribution in [3.63, 3.8) is 0 Å². The summed E-state index contributed by atoms with van der Waals surface area (Å²) in [6.45, 7) is 2.00. The van der Waals surface area contributed by atoms with E-state index in [0.29, 0.717) is 0 Å². The van der Waals surface area contributed by atoms with Gasteiger partial charge in [0, 0.05) is 11.8 Å². The number of halogens is 1. The molecule has 0 amide bonds. The van der Waals surface area contributed by atoms with Gasteiger partial charge in [0.05, 0.1) is 0 Å². The summed E-state index contributed by atoms with van der Waals surface area (Å²) in [5, 5.41) is 6.56. The topological polar surface area (TPSA) is 74.8 Å². The molecule has 5 nitrogen and oxygen atoms in total. The first kappa shape index (κ1) is 13.5. The maximum atomic E-state index is 13.5. The van der Waals surface area contributed by atoms with Gasteiger partial charge >= 0.3 is 0 Å². The molecule has 2 aromatic rings. The first-order valence-electron chi connectivity index (χ1n) is 5.84. The number of nitrogens with one attached hydrogen (secondary N) is 2. The van der Waals surface area contributed by atoms with Crippen LogP contribution in [-0.4, -0.2) is 18.6 Å². The first-order chi connectivity index (χ1) is 9.03. The van der Waals surface area contributed by atoms with Crippen molar-refractivity contribution in [2.24, 2.45) is 0 Å². The molecule has 19 heavy (non-hydrogen) atoms. The van der Waals surface area contributed by atoms with E-state index in [4.69, 9.17) is 0 Å². The molecule has 0 aliphatic rings. The molecule has 0 radical (unpaired) electrons. The van der Waals surface area contributed by atoms with Gasteiger partial charge < -0.3 is 0 Å². The third-order valence-electron chi connectivity index (χ3n) is 2.52. The maximum absolute atomic E-state index is 13.5.